The van der Waals surface area contributed by atoms with Crippen LogP contribution >= 0.6 is 11.8 Å². The van der Waals surface area contributed by atoms with E-state index < -0.39 is 10.0 Å². The van der Waals surface area contributed by atoms with E-state index in [4.69, 9.17) is 4.74 Å². The van der Waals surface area contributed by atoms with Crippen molar-refractivity contribution in [2.24, 2.45) is 0 Å². The highest BCUT2D eigenvalue weighted by molar-refractivity contribution is 7.98. The lowest BCUT2D eigenvalue weighted by Crippen LogP contribution is -2.14. The summed E-state index contributed by atoms with van der Waals surface area (Å²) in [5.74, 6) is 0.321. The number of rotatable bonds is 7. The molecule has 6 nitrogen and oxygen atoms in total. The molecule has 0 aliphatic rings. The average Bonchev–Trinajstić information content (AvgIpc) is 2.54. The summed E-state index contributed by atoms with van der Waals surface area (Å²) < 4.78 is 33.2. The summed E-state index contributed by atoms with van der Waals surface area (Å²) in [6.07, 6.45) is 1.85. The van der Waals surface area contributed by atoms with Crippen LogP contribution < -0.4 is 14.8 Å². The average molecular weight is 380 g/mol. The summed E-state index contributed by atoms with van der Waals surface area (Å²) in [7, 11) is -3.79. The molecule has 0 aliphatic heterocycles. The maximum absolute atomic E-state index is 12.6. The summed E-state index contributed by atoms with van der Waals surface area (Å²) in [6, 6.07) is 11.3. The summed E-state index contributed by atoms with van der Waals surface area (Å²) in [5, 5.41) is 2.65. The fourth-order valence-corrected chi connectivity index (χ4v) is 3.78. The Morgan fingerprint density at radius 2 is 1.96 bits per heavy atom. The van der Waals surface area contributed by atoms with Gasteiger partial charge in [0.2, 0.25) is 5.91 Å². The lowest BCUT2D eigenvalue weighted by atomic mass is 10.3. The molecule has 2 N–H and O–H groups in total. The smallest absolute Gasteiger partial charge is 0.261 e. The maximum atomic E-state index is 12.6. The first-order valence-corrected chi connectivity index (χ1v) is 10.3. The van der Waals surface area contributed by atoms with E-state index >= 15 is 0 Å². The number of hydrogen-bond acceptors (Lipinski definition) is 5. The predicted octanol–water partition coefficient (Wildman–Crippen LogP) is 3.57. The normalized spacial score (nSPS) is 11.0. The van der Waals surface area contributed by atoms with Crippen molar-refractivity contribution in [1.82, 2.24) is 0 Å². The van der Waals surface area contributed by atoms with Gasteiger partial charge in [0, 0.05) is 17.9 Å². The molecule has 0 unspecified atom stereocenters. The second-order valence-corrected chi connectivity index (χ2v) is 7.64. The molecule has 2 aromatic rings. The van der Waals surface area contributed by atoms with E-state index in [0.29, 0.717) is 23.7 Å². The van der Waals surface area contributed by atoms with Gasteiger partial charge in [-0.05, 0) is 43.5 Å². The minimum atomic E-state index is -3.79. The number of nitrogens with one attached hydrogen (secondary N) is 2. The van der Waals surface area contributed by atoms with E-state index in [1.807, 2.05) is 13.2 Å². The molecule has 8 heteroatoms. The summed E-state index contributed by atoms with van der Waals surface area (Å²) in [5.41, 5.74) is 0.868. The Morgan fingerprint density at radius 3 is 2.60 bits per heavy atom. The number of carbonyl (C=O) groups is 1. The fraction of sp³-hybridized carbons (Fsp3) is 0.235. The van der Waals surface area contributed by atoms with E-state index in [1.165, 1.54) is 30.8 Å². The molecular weight excluding hydrogens is 360 g/mol. The number of ether oxygens (including phenoxy) is 1. The Kier molecular flexibility index (Phi) is 6.33. The number of sulfonamides is 1. The van der Waals surface area contributed by atoms with Crippen LogP contribution in [0.15, 0.2) is 52.3 Å². The molecule has 0 heterocycles. The van der Waals surface area contributed by atoms with Crippen molar-refractivity contribution in [2.45, 2.75) is 23.6 Å². The molecule has 2 rings (SSSR count). The van der Waals surface area contributed by atoms with Gasteiger partial charge in [-0.15, -0.1) is 11.8 Å². The molecule has 0 spiro atoms. The highest BCUT2D eigenvalue weighted by Crippen LogP contribution is 2.29. The molecule has 0 fully saturated rings. The summed E-state index contributed by atoms with van der Waals surface area (Å²) in [6.45, 7) is 3.73. The molecule has 25 heavy (non-hydrogen) atoms. The van der Waals surface area contributed by atoms with Gasteiger partial charge >= 0.3 is 0 Å². The zero-order chi connectivity index (χ0) is 18.4. The number of anilines is 2. The van der Waals surface area contributed by atoms with Crippen LogP contribution in [0, 0.1) is 0 Å². The fourth-order valence-electron chi connectivity index (χ4n) is 2.17. The van der Waals surface area contributed by atoms with Gasteiger partial charge in [0.15, 0.2) is 0 Å². The van der Waals surface area contributed by atoms with Crippen LogP contribution in [0.1, 0.15) is 13.8 Å². The first kappa shape index (κ1) is 19.1. The minimum Gasteiger partial charge on any atom is -0.494 e. The lowest BCUT2D eigenvalue weighted by Gasteiger charge is -2.13. The van der Waals surface area contributed by atoms with Crippen LogP contribution in [0.4, 0.5) is 11.4 Å². The third-order valence-electron chi connectivity index (χ3n) is 3.19. The van der Waals surface area contributed by atoms with Gasteiger partial charge in [0.05, 0.1) is 22.9 Å². The van der Waals surface area contributed by atoms with Crippen LogP contribution in [-0.2, 0) is 14.8 Å². The Balaban J connectivity index is 2.33. The molecule has 0 bridgehead atoms. The molecule has 134 valence electrons. The van der Waals surface area contributed by atoms with E-state index in [0.717, 1.165) is 4.90 Å². The van der Waals surface area contributed by atoms with E-state index in [9.17, 15) is 13.2 Å². The molecular formula is C17H20N2O4S2. The number of amides is 1. The van der Waals surface area contributed by atoms with Crippen molar-refractivity contribution in [2.75, 3.05) is 22.9 Å². The van der Waals surface area contributed by atoms with E-state index in [2.05, 4.69) is 10.0 Å². The van der Waals surface area contributed by atoms with Crippen molar-refractivity contribution in [3.8, 4) is 5.75 Å². The molecule has 0 saturated heterocycles. The first-order valence-electron chi connectivity index (χ1n) is 7.57. The van der Waals surface area contributed by atoms with Crippen molar-refractivity contribution in [1.29, 1.82) is 0 Å². The zero-order valence-corrected chi connectivity index (χ0v) is 15.8. The number of hydrogen-bond donors (Lipinski definition) is 2. The number of benzene rings is 2. The van der Waals surface area contributed by atoms with E-state index in [1.54, 1.807) is 30.3 Å². The maximum Gasteiger partial charge on any atom is 0.261 e. The van der Waals surface area contributed by atoms with Crippen molar-refractivity contribution in [3.05, 3.63) is 42.5 Å². The van der Waals surface area contributed by atoms with Gasteiger partial charge in [-0.25, -0.2) is 8.42 Å². The zero-order valence-electron chi connectivity index (χ0n) is 14.2. The molecule has 1 amide bonds. The minimum absolute atomic E-state index is 0.0656. The third kappa shape index (κ3) is 5.14. The molecule has 0 aliphatic carbocycles. The van der Waals surface area contributed by atoms with Gasteiger partial charge in [-0.2, -0.15) is 0 Å². The highest BCUT2D eigenvalue weighted by Gasteiger charge is 2.17. The van der Waals surface area contributed by atoms with Crippen molar-refractivity contribution >= 4 is 39.1 Å². The summed E-state index contributed by atoms with van der Waals surface area (Å²) >= 11 is 1.42. The van der Waals surface area contributed by atoms with Gasteiger partial charge in [0.1, 0.15) is 5.75 Å². The largest absolute Gasteiger partial charge is 0.494 e. The van der Waals surface area contributed by atoms with Crippen LogP contribution in [0.5, 0.6) is 5.75 Å². The molecule has 0 saturated carbocycles. The number of thioether (sulfide) groups is 1. The lowest BCUT2D eigenvalue weighted by molar-refractivity contribution is -0.114. The first-order chi connectivity index (χ1) is 11.9. The monoisotopic (exact) mass is 380 g/mol. The second-order valence-electron chi connectivity index (χ2n) is 5.11. The van der Waals surface area contributed by atoms with Crippen molar-refractivity contribution in [3.63, 3.8) is 0 Å². The molecule has 0 atom stereocenters. The molecule has 0 radical (unpaired) electrons. The Bertz CT molecular complexity index is 867. The highest BCUT2D eigenvalue weighted by atomic mass is 32.2. The quantitative estimate of drug-likeness (QED) is 0.718. The molecule has 0 aromatic heterocycles. The van der Waals surface area contributed by atoms with Crippen LogP contribution in [0.2, 0.25) is 0 Å². The van der Waals surface area contributed by atoms with Crippen LogP contribution in [0.25, 0.3) is 0 Å². The second kappa shape index (κ2) is 8.26. The predicted molar refractivity (Wildman–Crippen MR) is 101 cm³/mol. The van der Waals surface area contributed by atoms with Gasteiger partial charge in [0.25, 0.3) is 10.0 Å². The third-order valence-corrected chi connectivity index (χ3v) is 5.36. The van der Waals surface area contributed by atoms with Crippen molar-refractivity contribution < 1.29 is 17.9 Å². The van der Waals surface area contributed by atoms with Crippen LogP contribution in [-0.4, -0.2) is 27.2 Å². The number of carbonyl (C=O) groups excluding carboxylic acids is 1. The standard InChI is InChI=1S/C17H20N2O4S2/c1-4-23-14-7-5-6-13(10-14)19-25(21,22)15-8-9-17(24-3)16(11-15)18-12(2)20/h5-11,19H,4H2,1-3H3,(H,18,20). The van der Waals surface area contributed by atoms with E-state index in [-0.39, 0.29) is 10.8 Å². The Hall–Kier alpha value is -2.19. The topological polar surface area (TPSA) is 84.5 Å². The Morgan fingerprint density at radius 1 is 1.20 bits per heavy atom. The van der Waals surface area contributed by atoms with Gasteiger partial charge < -0.3 is 10.1 Å². The van der Waals surface area contributed by atoms with Gasteiger partial charge in [-0.1, -0.05) is 6.07 Å². The van der Waals surface area contributed by atoms with Gasteiger partial charge in [-0.3, -0.25) is 9.52 Å². The Labute approximate surface area is 152 Å². The summed E-state index contributed by atoms with van der Waals surface area (Å²) in [4.78, 5) is 12.2. The molecule has 2 aromatic carbocycles. The van der Waals surface area contributed by atoms with Crippen LogP contribution in [0.3, 0.4) is 0 Å². The SMILES string of the molecule is CCOc1cccc(NS(=O)(=O)c2ccc(SC)c(NC(C)=O)c2)c1.